The number of fused-ring (bicyclic) bond motifs is 1. The van der Waals surface area contributed by atoms with E-state index in [-0.39, 0.29) is 22.1 Å². The zero-order valence-electron chi connectivity index (χ0n) is 22.3. The number of ether oxygens (including phenoxy) is 1. The van der Waals surface area contributed by atoms with Crippen molar-refractivity contribution in [1.82, 2.24) is 38.9 Å². The largest absolute Gasteiger partial charge is 0.477 e. The number of sulfonamides is 1. The first-order valence-corrected chi connectivity index (χ1v) is 14.5. The van der Waals surface area contributed by atoms with E-state index in [9.17, 15) is 13.2 Å². The Labute approximate surface area is 226 Å². The van der Waals surface area contributed by atoms with E-state index >= 15 is 0 Å². The first-order valence-electron chi connectivity index (χ1n) is 13.0. The van der Waals surface area contributed by atoms with Gasteiger partial charge in [-0.3, -0.25) is 14.5 Å². The molecule has 0 radical (unpaired) electrons. The maximum absolute atomic E-state index is 13.5. The minimum Gasteiger partial charge on any atom is -0.477 e. The molecule has 0 spiro atoms. The monoisotopic (exact) mass is 552 g/mol. The van der Waals surface area contributed by atoms with Gasteiger partial charge in [-0.1, -0.05) is 19.4 Å². The molecular formula is C26H32N8O4S. The van der Waals surface area contributed by atoms with Crippen LogP contribution < -0.4 is 10.3 Å². The number of rotatable bonds is 9. The Morgan fingerprint density at radius 1 is 1.08 bits per heavy atom. The van der Waals surface area contributed by atoms with Crippen LogP contribution in [0.4, 0.5) is 0 Å². The standard InChI is InChI=1S/C26H32N8O4S/c1-4-8-21-22-23(31-34(21)17-18-9-6-7-10-27-18)25(35)30-24(29-22)20-15-19(16-28-26(20)38-5-2)39(36,37)33-13-11-32(3)12-14-33/h6-7,9-10,15-16H,4-5,8,11-14,17H2,1-3H3,(H,29,30,35). The summed E-state index contributed by atoms with van der Waals surface area (Å²) in [5.74, 6) is 0.365. The van der Waals surface area contributed by atoms with Gasteiger partial charge in [0, 0.05) is 32.4 Å². The zero-order valence-corrected chi connectivity index (χ0v) is 23.1. The minimum atomic E-state index is -3.80. The zero-order chi connectivity index (χ0) is 27.6. The molecule has 0 amide bonds. The first-order chi connectivity index (χ1) is 18.8. The number of nitrogens with one attached hydrogen (secondary N) is 1. The molecule has 1 aliphatic heterocycles. The van der Waals surface area contributed by atoms with Crippen molar-refractivity contribution >= 4 is 21.1 Å². The summed E-state index contributed by atoms with van der Waals surface area (Å²) in [6.45, 7) is 6.61. The van der Waals surface area contributed by atoms with Crippen LogP contribution in [0.25, 0.3) is 22.4 Å². The molecular weight excluding hydrogens is 520 g/mol. The summed E-state index contributed by atoms with van der Waals surface area (Å²) < 4.78 is 35.8. The molecule has 0 aliphatic carbocycles. The summed E-state index contributed by atoms with van der Waals surface area (Å²) in [6.07, 6.45) is 4.48. The van der Waals surface area contributed by atoms with Crippen LogP contribution in [0.15, 0.2) is 46.3 Å². The van der Waals surface area contributed by atoms with Crippen LogP contribution in [-0.2, 0) is 23.0 Å². The molecule has 206 valence electrons. The van der Waals surface area contributed by atoms with E-state index in [1.54, 1.807) is 17.8 Å². The summed E-state index contributed by atoms with van der Waals surface area (Å²) in [5.41, 5.74) is 2.15. The number of likely N-dealkylation sites (N-methyl/N-ethyl adjacent to an activating group) is 1. The fourth-order valence-corrected chi connectivity index (χ4v) is 6.02. The van der Waals surface area contributed by atoms with Crippen LogP contribution in [0.1, 0.15) is 31.7 Å². The Hall–Kier alpha value is -3.68. The second-order valence-corrected chi connectivity index (χ2v) is 11.4. The molecule has 4 aromatic rings. The van der Waals surface area contributed by atoms with Gasteiger partial charge >= 0.3 is 0 Å². The summed E-state index contributed by atoms with van der Waals surface area (Å²) in [4.78, 5) is 31.6. The lowest BCUT2D eigenvalue weighted by Crippen LogP contribution is -2.47. The van der Waals surface area contributed by atoms with Crippen molar-refractivity contribution in [2.24, 2.45) is 0 Å². The second kappa shape index (κ2) is 11.2. The molecule has 12 nitrogen and oxygen atoms in total. The van der Waals surface area contributed by atoms with Crippen molar-refractivity contribution in [2.75, 3.05) is 39.8 Å². The van der Waals surface area contributed by atoms with Crippen molar-refractivity contribution in [3.63, 3.8) is 0 Å². The number of pyridine rings is 2. The lowest BCUT2D eigenvalue weighted by Gasteiger charge is -2.31. The highest BCUT2D eigenvalue weighted by atomic mass is 32.2. The van der Waals surface area contributed by atoms with Crippen LogP contribution in [0, 0.1) is 0 Å². The van der Waals surface area contributed by atoms with Gasteiger partial charge in [0.15, 0.2) is 5.52 Å². The number of aromatic amines is 1. The Bertz CT molecular complexity index is 1630. The smallest absolute Gasteiger partial charge is 0.279 e. The summed E-state index contributed by atoms with van der Waals surface area (Å²) in [7, 11) is -1.84. The van der Waals surface area contributed by atoms with Gasteiger partial charge in [0.1, 0.15) is 16.2 Å². The van der Waals surface area contributed by atoms with Gasteiger partial charge in [0.05, 0.1) is 36.3 Å². The third kappa shape index (κ3) is 5.42. The molecule has 5 rings (SSSR count). The molecule has 0 bridgehead atoms. The van der Waals surface area contributed by atoms with Crippen molar-refractivity contribution in [3.05, 3.63) is 58.4 Å². The lowest BCUT2D eigenvalue weighted by atomic mass is 10.2. The number of nitrogens with zero attached hydrogens (tertiary/aromatic N) is 7. The molecule has 0 saturated carbocycles. The lowest BCUT2D eigenvalue weighted by molar-refractivity contribution is 0.222. The molecule has 39 heavy (non-hydrogen) atoms. The van der Waals surface area contributed by atoms with E-state index < -0.39 is 15.6 Å². The van der Waals surface area contributed by atoms with Crippen molar-refractivity contribution in [3.8, 4) is 17.3 Å². The fraction of sp³-hybridized carbons (Fsp3) is 0.423. The highest BCUT2D eigenvalue weighted by Gasteiger charge is 2.29. The van der Waals surface area contributed by atoms with Crippen molar-refractivity contribution in [1.29, 1.82) is 0 Å². The average molecular weight is 553 g/mol. The molecule has 1 aliphatic rings. The summed E-state index contributed by atoms with van der Waals surface area (Å²) in [6, 6.07) is 7.13. The van der Waals surface area contributed by atoms with Gasteiger partial charge in [-0.15, -0.1) is 0 Å². The predicted octanol–water partition coefficient (Wildman–Crippen LogP) is 1.91. The number of hydrogen-bond donors (Lipinski definition) is 1. The van der Waals surface area contributed by atoms with Gasteiger partial charge in [0.25, 0.3) is 5.56 Å². The summed E-state index contributed by atoms with van der Waals surface area (Å²) >= 11 is 0. The SMILES string of the molecule is CCCc1c2nc(-c3cc(S(=O)(=O)N4CCN(C)CC4)cnc3OCC)[nH]c(=O)c2nn1Cc1ccccn1. The number of hydrogen-bond acceptors (Lipinski definition) is 9. The molecule has 1 N–H and O–H groups in total. The molecule has 5 heterocycles. The Balaban J connectivity index is 1.62. The Morgan fingerprint density at radius 2 is 1.87 bits per heavy atom. The van der Waals surface area contributed by atoms with Crippen LogP contribution >= 0.6 is 0 Å². The number of H-pyrrole nitrogens is 1. The van der Waals surface area contributed by atoms with Crippen LogP contribution in [0.5, 0.6) is 5.88 Å². The number of aryl methyl sites for hydroxylation is 1. The highest BCUT2D eigenvalue weighted by molar-refractivity contribution is 7.89. The van der Waals surface area contributed by atoms with Crippen molar-refractivity contribution < 1.29 is 13.2 Å². The predicted molar refractivity (Wildman–Crippen MR) is 146 cm³/mol. The number of aromatic nitrogens is 6. The number of piperazine rings is 1. The van der Waals surface area contributed by atoms with Crippen LogP contribution in [0.3, 0.4) is 0 Å². The van der Waals surface area contributed by atoms with E-state index in [1.165, 1.54) is 16.6 Å². The second-order valence-electron chi connectivity index (χ2n) is 9.45. The maximum Gasteiger partial charge on any atom is 0.279 e. The first kappa shape index (κ1) is 26.9. The highest BCUT2D eigenvalue weighted by Crippen LogP contribution is 2.30. The van der Waals surface area contributed by atoms with Gasteiger partial charge in [-0.2, -0.15) is 9.40 Å². The van der Waals surface area contributed by atoms with E-state index in [4.69, 9.17) is 9.72 Å². The fourth-order valence-electron chi connectivity index (χ4n) is 4.63. The van der Waals surface area contributed by atoms with Crippen LogP contribution in [0.2, 0.25) is 0 Å². The third-order valence-corrected chi connectivity index (χ3v) is 8.55. The molecule has 1 fully saturated rings. The molecule has 4 aromatic heterocycles. The van der Waals surface area contributed by atoms with E-state index in [2.05, 4.69) is 25.0 Å². The quantitative estimate of drug-likeness (QED) is 0.330. The van der Waals surface area contributed by atoms with Gasteiger partial charge in [-0.25, -0.2) is 18.4 Å². The average Bonchev–Trinajstić information content (AvgIpc) is 3.27. The van der Waals surface area contributed by atoms with E-state index in [0.717, 1.165) is 17.8 Å². The van der Waals surface area contributed by atoms with E-state index in [0.29, 0.717) is 56.8 Å². The molecule has 0 aromatic carbocycles. The maximum atomic E-state index is 13.5. The van der Waals surface area contributed by atoms with E-state index in [1.807, 2.05) is 32.2 Å². The van der Waals surface area contributed by atoms with Gasteiger partial charge in [-0.05, 0) is 38.6 Å². The van der Waals surface area contributed by atoms with Crippen LogP contribution in [-0.4, -0.2) is 87.2 Å². The molecule has 1 saturated heterocycles. The van der Waals surface area contributed by atoms with Crippen molar-refractivity contribution in [2.45, 2.75) is 38.1 Å². The molecule has 0 unspecified atom stereocenters. The molecule has 13 heteroatoms. The molecule has 0 atom stereocenters. The van der Waals surface area contributed by atoms with Gasteiger partial charge in [0.2, 0.25) is 15.9 Å². The van der Waals surface area contributed by atoms with Gasteiger partial charge < -0.3 is 14.6 Å². The topological polar surface area (TPSA) is 139 Å². The Kier molecular flexibility index (Phi) is 7.73. The third-order valence-electron chi connectivity index (χ3n) is 6.69. The normalized spacial score (nSPS) is 15.2. The summed E-state index contributed by atoms with van der Waals surface area (Å²) in [5, 5.41) is 4.56. The minimum absolute atomic E-state index is 0.0212. The Morgan fingerprint density at radius 3 is 2.56 bits per heavy atom.